The summed E-state index contributed by atoms with van der Waals surface area (Å²) in [5.74, 6) is 0.716. The van der Waals surface area contributed by atoms with Gasteiger partial charge in [-0.2, -0.15) is 0 Å². The lowest BCUT2D eigenvalue weighted by Gasteiger charge is -2.03. The van der Waals surface area contributed by atoms with Crippen molar-refractivity contribution >= 4 is 34.4 Å². The van der Waals surface area contributed by atoms with Crippen LogP contribution in [0.5, 0.6) is 0 Å². The first-order valence-electron chi connectivity index (χ1n) is 8.21. The number of aromatic nitrogens is 2. The Bertz CT molecular complexity index is 1070. The van der Waals surface area contributed by atoms with Crippen LogP contribution in [0.3, 0.4) is 0 Å². The molecule has 0 amide bonds. The number of rotatable bonds is 5. The van der Waals surface area contributed by atoms with Crippen LogP contribution in [0.2, 0.25) is 5.02 Å². The van der Waals surface area contributed by atoms with Gasteiger partial charge in [0.15, 0.2) is 5.76 Å². The number of fused-ring (bicyclic) bond motifs is 1. The Kier molecular flexibility index (Phi) is 4.22. The third-order valence-corrected chi connectivity index (χ3v) is 4.62. The van der Waals surface area contributed by atoms with E-state index in [1.165, 1.54) is 6.26 Å². The molecule has 2 aromatic carbocycles. The second kappa shape index (κ2) is 6.69. The molecule has 0 atom stereocenters. The molecule has 2 N–H and O–H groups in total. The maximum absolute atomic E-state index is 12.5. The molecule has 0 radical (unpaired) electrons. The molecular weight excluding hydrogens is 350 g/mol. The maximum atomic E-state index is 12.5. The van der Waals surface area contributed by atoms with Crippen molar-refractivity contribution in [3.05, 3.63) is 83.3 Å². The van der Waals surface area contributed by atoms with Crippen LogP contribution in [0.25, 0.3) is 11.0 Å². The van der Waals surface area contributed by atoms with E-state index in [1.54, 1.807) is 12.1 Å². The van der Waals surface area contributed by atoms with Gasteiger partial charge in [0.2, 0.25) is 5.78 Å². The second-order valence-electron chi connectivity index (χ2n) is 6.05. The van der Waals surface area contributed by atoms with Gasteiger partial charge in [0, 0.05) is 5.02 Å². The molecule has 2 aromatic heterocycles. The number of halogens is 1. The topological polar surface area (TPSA) is 65.0 Å². The highest BCUT2D eigenvalue weighted by molar-refractivity contribution is 6.30. The van der Waals surface area contributed by atoms with Crippen molar-refractivity contribution < 1.29 is 13.8 Å². The summed E-state index contributed by atoms with van der Waals surface area (Å²) in [7, 11) is 0. The SMILES string of the molecule is Nc1n(CC(=O)c2ccco2)c2ccccc2[n+]1Cc1ccc(Cl)cc1. The van der Waals surface area contributed by atoms with Gasteiger partial charge >= 0.3 is 5.95 Å². The number of nitrogens with zero attached hydrogens (tertiary/aromatic N) is 2. The fraction of sp³-hybridized carbons (Fsp3) is 0.100. The summed E-state index contributed by atoms with van der Waals surface area (Å²) in [5, 5.41) is 0.693. The number of Topliss-reactive ketones (excluding diaryl/α,β-unsaturated/α-hetero) is 1. The van der Waals surface area contributed by atoms with Crippen molar-refractivity contribution in [1.29, 1.82) is 0 Å². The molecule has 4 rings (SSSR count). The number of imidazole rings is 1. The van der Waals surface area contributed by atoms with E-state index in [1.807, 2.05) is 57.7 Å². The molecule has 26 heavy (non-hydrogen) atoms. The zero-order chi connectivity index (χ0) is 18.1. The van der Waals surface area contributed by atoms with Gasteiger partial charge in [-0.3, -0.25) is 10.5 Å². The largest absolute Gasteiger partial charge is 0.461 e. The highest BCUT2D eigenvalue weighted by atomic mass is 35.5. The Morgan fingerprint density at radius 1 is 1.08 bits per heavy atom. The quantitative estimate of drug-likeness (QED) is 0.432. The number of para-hydroxylation sites is 2. The standard InChI is InChI=1S/C20H16ClN3O2/c21-15-9-7-14(8-10-15)12-23-16-4-1-2-5-17(16)24(20(23)22)13-18(25)19-6-3-11-26-19/h1-11,22H,12-13H2/p+1. The lowest BCUT2D eigenvalue weighted by atomic mass is 10.2. The van der Waals surface area contributed by atoms with Gasteiger partial charge in [-0.1, -0.05) is 35.9 Å². The smallest absolute Gasteiger partial charge is 0.356 e. The molecule has 0 spiro atoms. The summed E-state index contributed by atoms with van der Waals surface area (Å²) >= 11 is 5.97. The maximum Gasteiger partial charge on any atom is 0.356 e. The molecule has 5 nitrogen and oxygen atoms in total. The Balaban J connectivity index is 1.75. The summed E-state index contributed by atoms with van der Waals surface area (Å²) in [6.07, 6.45) is 1.49. The number of nitrogen functional groups attached to an aromatic ring is 1. The number of benzene rings is 2. The first-order valence-corrected chi connectivity index (χ1v) is 8.59. The van der Waals surface area contributed by atoms with Gasteiger partial charge < -0.3 is 4.42 Å². The molecule has 6 heteroatoms. The van der Waals surface area contributed by atoms with Gasteiger partial charge in [-0.15, -0.1) is 0 Å². The Labute approximate surface area is 155 Å². The van der Waals surface area contributed by atoms with E-state index in [4.69, 9.17) is 21.8 Å². The first-order chi connectivity index (χ1) is 12.6. The molecule has 4 aromatic rings. The predicted octanol–water partition coefficient (Wildman–Crippen LogP) is 3.69. The van der Waals surface area contributed by atoms with Crippen LogP contribution in [0.4, 0.5) is 5.95 Å². The summed E-state index contributed by atoms with van der Waals surface area (Å²) < 4.78 is 9.02. The summed E-state index contributed by atoms with van der Waals surface area (Å²) in [6, 6.07) is 18.8. The lowest BCUT2D eigenvalue weighted by molar-refractivity contribution is -0.648. The van der Waals surface area contributed by atoms with Crippen molar-refractivity contribution in [2.24, 2.45) is 0 Å². The fourth-order valence-electron chi connectivity index (χ4n) is 3.08. The van der Waals surface area contributed by atoms with E-state index >= 15 is 0 Å². The van der Waals surface area contributed by atoms with Gasteiger partial charge in [0.25, 0.3) is 0 Å². The lowest BCUT2D eigenvalue weighted by Crippen LogP contribution is -2.37. The van der Waals surface area contributed by atoms with Crippen LogP contribution in [-0.2, 0) is 13.1 Å². The van der Waals surface area contributed by atoms with Gasteiger partial charge in [-0.25, -0.2) is 9.13 Å². The minimum atomic E-state index is -0.124. The third kappa shape index (κ3) is 2.97. The van der Waals surface area contributed by atoms with E-state index in [9.17, 15) is 4.79 Å². The number of ketones is 1. The Hall–Kier alpha value is -3.05. The Morgan fingerprint density at radius 2 is 1.85 bits per heavy atom. The molecule has 0 unspecified atom stereocenters. The summed E-state index contributed by atoms with van der Waals surface area (Å²) in [5.41, 5.74) is 9.35. The zero-order valence-electron chi connectivity index (χ0n) is 13.9. The molecule has 0 aliphatic rings. The molecule has 0 aliphatic heterocycles. The summed E-state index contributed by atoms with van der Waals surface area (Å²) in [4.78, 5) is 12.5. The molecule has 130 valence electrons. The van der Waals surface area contributed by atoms with Crippen LogP contribution in [0.1, 0.15) is 16.1 Å². The predicted molar refractivity (Wildman–Crippen MR) is 100 cm³/mol. The van der Waals surface area contributed by atoms with Crippen LogP contribution in [0, 0.1) is 0 Å². The van der Waals surface area contributed by atoms with E-state index < -0.39 is 0 Å². The zero-order valence-corrected chi connectivity index (χ0v) is 14.7. The van der Waals surface area contributed by atoms with Crippen LogP contribution in [-0.4, -0.2) is 10.4 Å². The minimum Gasteiger partial charge on any atom is -0.461 e. The number of furan rings is 1. The van der Waals surface area contributed by atoms with Crippen LogP contribution in [0.15, 0.2) is 71.3 Å². The molecule has 0 fully saturated rings. The van der Waals surface area contributed by atoms with E-state index in [2.05, 4.69) is 0 Å². The van der Waals surface area contributed by atoms with Crippen LogP contribution < -0.4 is 10.3 Å². The first kappa shape index (κ1) is 16.4. The molecule has 0 bridgehead atoms. The van der Waals surface area contributed by atoms with Gasteiger partial charge in [0.1, 0.15) is 17.6 Å². The molecule has 0 saturated heterocycles. The number of hydrogen-bond acceptors (Lipinski definition) is 3. The van der Waals surface area contributed by atoms with Crippen molar-refractivity contribution in [3.63, 3.8) is 0 Å². The van der Waals surface area contributed by atoms with Gasteiger partial charge in [0.05, 0.1) is 12.8 Å². The minimum absolute atomic E-state index is 0.119. The highest BCUT2D eigenvalue weighted by Gasteiger charge is 2.24. The molecule has 0 aliphatic carbocycles. The average molecular weight is 367 g/mol. The number of nitrogens with two attached hydrogens (primary N) is 1. The number of carbonyl (C=O) groups excluding carboxylic acids is 1. The average Bonchev–Trinajstić information content (AvgIpc) is 3.27. The Morgan fingerprint density at radius 3 is 2.58 bits per heavy atom. The van der Waals surface area contributed by atoms with Crippen molar-refractivity contribution in [1.82, 2.24) is 4.57 Å². The molecule has 2 heterocycles. The van der Waals surface area contributed by atoms with E-state index in [-0.39, 0.29) is 12.3 Å². The monoisotopic (exact) mass is 366 g/mol. The molecular formula is C20H17ClN3O2+. The van der Waals surface area contributed by atoms with E-state index in [0.717, 1.165) is 16.6 Å². The number of hydrogen-bond donors (Lipinski definition) is 1. The van der Waals surface area contributed by atoms with Crippen molar-refractivity contribution in [2.45, 2.75) is 13.1 Å². The highest BCUT2D eigenvalue weighted by Crippen LogP contribution is 2.18. The van der Waals surface area contributed by atoms with Crippen LogP contribution >= 0.6 is 11.6 Å². The van der Waals surface area contributed by atoms with E-state index in [0.29, 0.717) is 23.3 Å². The van der Waals surface area contributed by atoms with Crippen molar-refractivity contribution in [2.75, 3.05) is 5.73 Å². The fourth-order valence-corrected chi connectivity index (χ4v) is 3.20. The van der Waals surface area contributed by atoms with Crippen molar-refractivity contribution in [3.8, 4) is 0 Å². The molecule has 0 saturated carbocycles. The number of carbonyl (C=O) groups is 1. The van der Waals surface area contributed by atoms with Gasteiger partial charge in [-0.05, 0) is 42.0 Å². The second-order valence-corrected chi connectivity index (χ2v) is 6.48. The normalized spacial score (nSPS) is 11.1. The summed E-state index contributed by atoms with van der Waals surface area (Å²) in [6.45, 7) is 0.707. The number of anilines is 1. The third-order valence-electron chi connectivity index (χ3n) is 4.37.